The minimum atomic E-state index is -0.326. The average molecular weight is 282 g/mol. The van der Waals surface area contributed by atoms with Crippen molar-refractivity contribution in [1.82, 2.24) is 25.5 Å². The number of anilines is 1. The van der Waals surface area contributed by atoms with Crippen molar-refractivity contribution in [3.8, 4) is 0 Å². The maximum Gasteiger partial charge on any atom is 0.288 e. The van der Waals surface area contributed by atoms with Gasteiger partial charge in [0.2, 0.25) is 11.8 Å². The number of nitrogens with one attached hydrogen (secondary N) is 2. The van der Waals surface area contributed by atoms with Crippen LogP contribution in [0.3, 0.4) is 0 Å². The number of rotatable bonds is 4. The highest BCUT2D eigenvalue weighted by Crippen LogP contribution is 2.15. The lowest BCUT2D eigenvalue weighted by molar-refractivity contribution is 0.0944. The zero-order valence-corrected chi connectivity index (χ0v) is 11.2. The number of nitrogen functional groups attached to an aromatic ring is 1. The van der Waals surface area contributed by atoms with Crippen LogP contribution in [0.4, 0.5) is 5.95 Å². The summed E-state index contributed by atoms with van der Waals surface area (Å²) in [7, 11) is 0. The van der Waals surface area contributed by atoms with E-state index in [-0.39, 0.29) is 17.7 Å². The predicted octanol–water partition coefficient (Wildman–Crippen LogP) is 0.908. The summed E-state index contributed by atoms with van der Waals surface area (Å²) in [5.41, 5.74) is 7.40. The second-order valence-electron chi connectivity index (χ2n) is 4.54. The molecule has 2 heterocycles. The Labute approximate surface area is 120 Å². The molecule has 7 nitrogen and oxygen atoms in total. The van der Waals surface area contributed by atoms with E-state index in [9.17, 15) is 4.79 Å². The summed E-state index contributed by atoms with van der Waals surface area (Å²) in [4.78, 5) is 20.0. The molecule has 1 amide bonds. The van der Waals surface area contributed by atoms with Crippen molar-refractivity contribution in [2.75, 3.05) is 12.3 Å². The third-order valence-electron chi connectivity index (χ3n) is 3.11. The number of para-hydroxylation sites is 1. The number of aromatic nitrogens is 4. The Morgan fingerprint density at radius 2 is 2.14 bits per heavy atom. The van der Waals surface area contributed by atoms with Crippen molar-refractivity contribution >= 4 is 22.8 Å². The van der Waals surface area contributed by atoms with Gasteiger partial charge in [-0.1, -0.05) is 24.3 Å². The molecule has 0 bridgehead atoms. The first-order valence-electron chi connectivity index (χ1n) is 6.53. The maximum absolute atomic E-state index is 11.8. The van der Waals surface area contributed by atoms with E-state index in [2.05, 4.69) is 25.5 Å². The number of hydrogen-bond acceptors (Lipinski definition) is 5. The summed E-state index contributed by atoms with van der Waals surface area (Å²) in [6, 6.07) is 9.93. The van der Waals surface area contributed by atoms with Gasteiger partial charge in [0.15, 0.2) is 0 Å². The molecule has 3 aromatic rings. The van der Waals surface area contributed by atoms with Crippen LogP contribution in [-0.4, -0.2) is 32.6 Å². The summed E-state index contributed by atoms with van der Waals surface area (Å²) >= 11 is 0. The Balaban J connectivity index is 1.66. The van der Waals surface area contributed by atoms with Gasteiger partial charge in [-0.05, 0) is 18.1 Å². The smallest absolute Gasteiger partial charge is 0.288 e. The molecule has 0 saturated heterocycles. The highest BCUT2D eigenvalue weighted by Gasteiger charge is 2.10. The number of carbonyl (C=O) groups is 1. The largest absolute Gasteiger partial charge is 0.366 e. The molecule has 106 valence electrons. The lowest BCUT2D eigenvalue weighted by Gasteiger charge is -2.06. The quantitative estimate of drug-likeness (QED) is 0.659. The van der Waals surface area contributed by atoms with E-state index in [0.29, 0.717) is 13.0 Å². The summed E-state index contributed by atoms with van der Waals surface area (Å²) in [6.45, 7) is 0.481. The van der Waals surface area contributed by atoms with Crippen LogP contribution in [0, 0.1) is 0 Å². The number of H-pyrrole nitrogens is 1. The Bertz CT molecular complexity index is 776. The molecule has 2 aromatic heterocycles. The van der Waals surface area contributed by atoms with Crippen molar-refractivity contribution in [3.05, 3.63) is 47.9 Å². The zero-order chi connectivity index (χ0) is 14.7. The molecule has 0 atom stereocenters. The first-order valence-corrected chi connectivity index (χ1v) is 6.53. The van der Waals surface area contributed by atoms with Crippen LogP contribution in [0.1, 0.15) is 16.2 Å². The number of nitrogens with two attached hydrogens (primary N) is 1. The van der Waals surface area contributed by atoms with E-state index in [0.717, 1.165) is 16.5 Å². The first-order chi connectivity index (χ1) is 10.2. The van der Waals surface area contributed by atoms with Crippen LogP contribution in [-0.2, 0) is 6.42 Å². The summed E-state index contributed by atoms with van der Waals surface area (Å²) in [6.07, 6.45) is 2.45. The van der Waals surface area contributed by atoms with Gasteiger partial charge in [0.25, 0.3) is 5.91 Å². The number of carbonyl (C=O) groups excluding carboxylic acids is 1. The fourth-order valence-corrected chi connectivity index (χ4v) is 2.14. The second kappa shape index (κ2) is 5.58. The van der Waals surface area contributed by atoms with Gasteiger partial charge in [-0.15, -0.1) is 5.10 Å². The Hall–Kier alpha value is -2.96. The topological polar surface area (TPSA) is 110 Å². The Morgan fingerprint density at radius 3 is 2.95 bits per heavy atom. The number of pyridine rings is 1. The van der Waals surface area contributed by atoms with E-state index < -0.39 is 0 Å². The van der Waals surface area contributed by atoms with Gasteiger partial charge < -0.3 is 11.1 Å². The summed E-state index contributed by atoms with van der Waals surface area (Å²) < 4.78 is 0. The van der Waals surface area contributed by atoms with Gasteiger partial charge >= 0.3 is 0 Å². The van der Waals surface area contributed by atoms with Gasteiger partial charge in [-0.3, -0.25) is 14.9 Å². The number of aromatic amines is 1. The normalized spacial score (nSPS) is 10.7. The molecule has 4 N–H and O–H groups in total. The number of fused-ring (bicyclic) bond motifs is 1. The molecule has 0 spiro atoms. The van der Waals surface area contributed by atoms with Crippen molar-refractivity contribution in [3.63, 3.8) is 0 Å². The lowest BCUT2D eigenvalue weighted by Crippen LogP contribution is -2.26. The van der Waals surface area contributed by atoms with Gasteiger partial charge in [-0.25, -0.2) is 0 Å². The molecule has 0 fully saturated rings. The van der Waals surface area contributed by atoms with E-state index in [1.807, 2.05) is 30.3 Å². The van der Waals surface area contributed by atoms with Crippen LogP contribution < -0.4 is 11.1 Å². The third kappa shape index (κ3) is 2.81. The average Bonchev–Trinajstić information content (AvgIpc) is 2.94. The number of nitrogens with zero attached hydrogens (tertiary/aromatic N) is 3. The van der Waals surface area contributed by atoms with Gasteiger partial charge in [0.05, 0.1) is 5.52 Å². The zero-order valence-electron chi connectivity index (χ0n) is 11.2. The van der Waals surface area contributed by atoms with E-state index in [1.165, 1.54) is 0 Å². The molecule has 0 aliphatic heterocycles. The van der Waals surface area contributed by atoms with Crippen molar-refractivity contribution in [2.45, 2.75) is 6.42 Å². The number of benzene rings is 1. The first kappa shape index (κ1) is 13.0. The fraction of sp³-hybridized carbons (Fsp3) is 0.143. The van der Waals surface area contributed by atoms with E-state index >= 15 is 0 Å². The lowest BCUT2D eigenvalue weighted by atomic mass is 10.1. The Kier molecular flexibility index (Phi) is 3.46. The number of amides is 1. The molecule has 21 heavy (non-hydrogen) atoms. The van der Waals surface area contributed by atoms with Gasteiger partial charge in [0, 0.05) is 18.1 Å². The summed E-state index contributed by atoms with van der Waals surface area (Å²) in [5, 5.41) is 9.95. The molecule has 0 aliphatic rings. The van der Waals surface area contributed by atoms with Crippen molar-refractivity contribution < 1.29 is 4.79 Å². The molecule has 0 aliphatic carbocycles. The van der Waals surface area contributed by atoms with Crippen LogP contribution in [0.25, 0.3) is 10.9 Å². The molecular formula is C14H14N6O. The van der Waals surface area contributed by atoms with Gasteiger partial charge in [0.1, 0.15) is 0 Å². The van der Waals surface area contributed by atoms with Crippen LogP contribution in [0.15, 0.2) is 36.5 Å². The molecule has 0 radical (unpaired) electrons. The van der Waals surface area contributed by atoms with Crippen LogP contribution >= 0.6 is 0 Å². The standard InChI is InChI=1S/C14H14N6O/c15-14-18-12(19-20-14)13(21)17-8-6-10-4-1-3-9-5-2-7-16-11(9)10/h1-5,7H,6,8H2,(H,17,21)(H3,15,18,19,20). The Morgan fingerprint density at radius 1 is 1.29 bits per heavy atom. The number of hydrogen-bond donors (Lipinski definition) is 3. The minimum absolute atomic E-state index is 0.0541. The molecule has 3 rings (SSSR count). The van der Waals surface area contributed by atoms with E-state index in [4.69, 9.17) is 5.73 Å². The van der Waals surface area contributed by atoms with Gasteiger partial charge in [-0.2, -0.15) is 4.98 Å². The third-order valence-corrected chi connectivity index (χ3v) is 3.11. The maximum atomic E-state index is 11.8. The van der Waals surface area contributed by atoms with Crippen molar-refractivity contribution in [2.24, 2.45) is 0 Å². The highest BCUT2D eigenvalue weighted by atomic mass is 16.2. The molecule has 7 heteroatoms. The van der Waals surface area contributed by atoms with Crippen LogP contribution in [0.5, 0.6) is 0 Å². The van der Waals surface area contributed by atoms with Crippen molar-refractivity contribution in [1.29, 1.82) is 0 Å². The minimum Gasteiger partial charge on any atom is -0.366 e. The predicted molar refractivity (Wildman–Crippen MR) is 78.6 cm³/mol. The molecule has 0 saturated carbocycles. The molecule has 0 unspecified atom stereocenters. The monoisotopic (exact) mass is 282 g/mol. The fourth-order valence-electron chi connectivity index (χ4n) is 2.14. The van der Waals surface area contributed by atoms with E-state index in [1.54, 1.807) is 6.20 Å². The second-order valence-corrected chi connectivity index (χ2v) is 4.54. The molecule has 1 aromatic carbocycles. The SMILES string of the molecule is Nc1n[nH]c(C(=O)NCCc2cccc3cccnc23)n1. The summed E-state index contributed by atoms with van der Waals surface area (Å²) in [5.74, 6) is -0.158. The molecular weight excluding hydrogens is 268 g/mol. The van der Waals surface area contributed by atoms with Crippen LogP contribution in [0.2, 0.25) is 0 Å². The highest BCUT2D eigenvalue weighted by molar-refractivity contribution is 5.90.